The fourth-order valence-electron chi connectivity index (χ4n) is 1.90. The van der Waals surface area contributed by atoms with E-state index in [1.54, 1.807) is 0 Å². The molecule has 0 bridgehead atoms. The fourth-order valence-corrected chi connectivity index (χ4v) is 1.90. The molecular formula is C10H14N2O2. The number of rotatable bonds is 2. The minimum atomic E-state index is 0.0295. The Balaban J connectivity index is 1.99. The van der Waals surface area contributed by atoms with Gasteiger partial charge in [-0.1, -0.05) is 0 Å². The molecule has 0 aromatic carbocycles. The van der Waals surface area contributed by atoms with Gasteiger partial charge in [-0.3, -0.25) is 4.79 Å². The Morgan fingerprint density at radius 3 is 2.71 bits per heavy atom. The molecule has 0 radical (unpaired) electrons. The van der Waals surface area contributed by atoms with Crippen LogP contribution >= 0.6 is 0 Å². The summed E-state index contributed by atoms with van der Waals surface area (Å²) in [5.74, 6) is 0.334. The summed E-state index contributed by atoms with van der Waals surface area (Å²) in [4.78, 5) is 15.6. The van der Waals surface area contributed by atoms with Crippen molar-refractivity contribution in [3.8, 4) is 0 Å². The third kappa shape index (κ3) is 1.85. The molecule has 1 aromatic rings. The summed E-state index contributed by atoms with van der Waals surface area (Å²) in [6.45, 7) is 0. The number of nitrogens with two attached hydrogens (primary N) is 1. The van der Waals surface area contributed by atoms with Gasteiger partial charge in [-0.2, -0.15) is 0 Å². The molecule has 2 N–H and O–H groups in total. The minimum Gasteiger partial charge on any atom is -0.442 e. The highest BCUT2D eigenvalue weighted by Gasteiger charge is 2.27. The van der Waals surface area contributed by atoms with E-state index in [1.807, 2.05) is 0 Å². The predicted molar refractivity (Wildman–Crippen MR) is 50.8 cm³/mol. The maximum atomic E-state index is 11.8. The summed E-state index contributed by atoms with van der Waals surface area (Å²) in [7, 11) is 0. The predicted octanol–water partition coefficient (Wildman–Crippen LogP) is 1.37. The monoisotopic (exact) mass is 194 g/mol. The molecule has 4 heteroatoms. The van der Waals surface area contributed by atoms with E-state index in [4.69, 9.17) is 10.2 Å². The number of Topliss-reactive ketones (excluding diaryl/α,β-unsaturated/α-hetero) is 1. The Hall–Kier alpha value is -1.16. The lowest BCUT2D eigenvalue weighted by Crippen LogP contribution is -2.29. The molecule has 0 unspecified atom stereocenters. The maximum Gasteiger partial charge on any atom is 0.263 e. The molecule has 0 aliphatic heterocycles. The van der Waals surface area contributed by atoms with E-state index in [1.165, 1.54) is 12.5 Å². The van der Waals surface area contributed by atoms with Crippen molar-refractivity contribution in [3.05, 3.63) is 18.4 Å². The molecule has 1 saturated carbocycles. The topological polar surface area (TPSA) is 69.1 Å². The standard InChI is InChI=1S/C10H14N2O2/c11-8-3-1-7(2-4-8)9(13)10-12-5-6-14-10/h5-8H,1-4,11H2/t7-,8-. The van der Waals surface area contributed by atoms with Gasteiger partial charge < -0.3 is 10.2 Å². The van der Waals surface area contributed by atoms with Crippen molar-refractivity contribution in [1.29, 1.82) is 0 Å². The lowest BCUT2D eigenvalue weighted by molar-refractivity contribution is 0.0848. The van der Waals surface area contributed by atoms with E-state index >= 15 is 0 Å². The molecule has 76 valence electrons. The molecular weight excluding hydrogens is 180 g/mol. The van der Waals surface area contributed by atoms with E-state index < -0.39 is 0 Å². The zero-order valence-electron chi connectivity index (χ0n) is 7.98. The molecule has 0 saturated heterocycles. The second kappa shape index (κ2) is 3.92. The summed E-state index contributed by atoms with van der Waals surface area (Å²) in [6, 6.07) is 0.267. The van der Waals surface area contributed by atoms with Gasteiger partial charge in [0.2, 0.25) is 5.78 Å². The van der Waals surface area contributed by atoms with Crippen molar-refractivity contribution in [2.24, 2.45) is 11.7 Å². The van der Waals surface area contributed by atoms with Crippen LogP contribution in [0.25, 0.3) is 0 Å². The van der Waals surface area contributed by atoms with Gasteiger partial charge in [0.25, 0.3) is 5.89 Å². The van der Waals surface area contributed by atoms with Crippen molar-refractivity contribution in [2.45, 2.75) is 31.7 Å². The van der Waals surface area contributed by atoms with Crippen LogP contribution in [-0.4, -0.2) is 16.8 Å². The summed E-state index contributed by atoms with van der Waals surface area (Å²) in [5, 5.41) is 0. The van der Waals surface area contributed by atoms with E-state index in [9.17, 15) is 4.79 Å². The molecule has 0 atom stereocenters. The van der Waals surface area contributed by atoms with Crippen LogP contribution in [0.3, 0.4) is 0 Å². The first-order valence-electron chi connectivity index (χ1n) is 4.96. The third-order valence-corrected chi connectivity index (χ3v) is 2.79. The Labute approximate surface area is 82.5 Å². The van der Waals surface area contributed by atoms with Gasteiger partial charge in [0.05, 0.1) is 6.20 Å². The lowest BCUT2D eigenvalue weighted by atomic mass is 9.84. The average molecular weight is 194 g/mol. The molecule has 1 heterocycles. The van der Waals surface area contributed by atoms with Gasteiger partial charge in [-0.15, -0.1) is 0 Å². The highest BCUT2D eigenvalue weighted by molar-refractivity contribution is 5.93. The van der Waals surface area contributed by atoms with Gasteiger partial charge in [-0.05, 0) is 25.7 Å². The number of ketones is 1. The lowest BCUT2D eigenvalue weighted by Gasteiger charge is -2.23. The molecule has 4 nitrogen and oxygen atoms in total. The van der Waals surface area contributed by atoms with E-state index in [0.29, 0.717) is 0 Å². The van der Waals surface area contributed by atoms with Crippen LogP contribution in [0.5, 0.6) is 0 Å². The molecule has 1 aliphatic rings. The Morgan fingerprint density at radius 1 is 1.43 bits per heavy atom. The van der Waals surface area contributed by atoms with Crippen molar-refractivity contribution in [1.82, 2.24) is 4.98 Å². The Bertz CT molecular complexity index is 300. The van der Waals surface area contributed by atoms with Crippen LogP contribution in [0.4, 0.5) is 0 Å². The number of carbonyl (C=O) groups excluding carboxylic acids is 1. The normalized spacial score (nSPS) is 27.5. The molecule has 1 aliphatic carbocycles. The summed E-state index contributed by atoms with van der Waals surface area (Å²) >= 11 is 0. The third-order valence-electron chi connectivity index (χ3n) is 2.79. The smallest absolute Gasteiger partial charge is 0.263 e. The van der Waals surface area contributed by atoms with Gasteiger partial charge in [0.1, 0.15) is 6.26 Å². The van der Waals surface area contributed by atoms with Crippen LogP contribution in [-0.2, 0) is 0 Å². The van der Waals surface area contributed by atoms with E-state index in [2.05, 4.69) is 4.98 Å². The largest absolute Gasteiger partial charge is 0.442 e. The van der Waals surface area contributed by atoms with Crippen molar-refractivity contribution in [2.75, 3.05) is 0 Å². The number of oxazole rings is 1. The number of hydrogen-bond donors (Lipinski definition) is 1. The van der Waals surface area contributed by atoms with Gasteiger partial charge >= 0.3 is 0 Å². The highest BCUT2D eigenvalue weighted by atomic mass is 16.3. The fraction of sp³-hybridized carbons (Fsp3) is 0.600. The minimum absolute atomic E-state index is 0.0295. The maximum absolute atomic E-state index is 11.8. The zero-order chi connectivity index (χ0) is 9.97. The zero-order valence-corrected chi connectivity index (χ0v) is 7.98. The van der Waals surface area contributed by atoms with E-state index in [0.717, 1.165) is 25.7 Å². The highest BCUT2D eigenvalue weighted by Crippen LogP contribution is 2.25. The van der Waals surface area contributed by atoms with Gasteiger partial charge in [0, 0.05) is 12.0 Å². The van der Waals surface area contributed by atoms with Crippen LogP contribution in [0.15, 0.2) is 16.9 Å². The number of aromatic nitrogens is 1. The summed E-state index contributed by atoms with van der Waals surface area (Å²) < 4.78 is 4.98. The Kier molecular flexibility index (Phi) is 2.63. The van der Waals surface area contributed by atoms with Crippen LogP contribution in [0.1, 0.15) is 36.4 Å². The molecule has 2 rings (SSSR count). The average Bonchev–Trinajstić information content (AvgIpc) is 2.71. The van der Waals surface area contributed by atoms with Gasteiger partial charge in [-0.25, -0.2) is 4.98 Å². The quantitative estimate of drug-likeness (QED) is 0.722. The summed E-state index contributed by atoms with van der Waals surface area (Å²) in [5.41, 5.74) is 5.77. The van der Waals surface area contributed by atoms with Crippen molar-refractivity contribution >= 4 is 5.78 Å². The van der Waals surface area contributed by atoms with Crippen LogP contribution in [0.2, 0.25) is 0 Å². The van der Waals surface area contributed by atoms with Crippen molar-refractivity contribution in [3.63, 3.8) is 0 Å². The van der Waals surface area contributed by atoms with E-state index in [-0.39, 0.29) is 23.6 Å². The number of carbonyl (C=O) groups is 1. The first kappa shape index (κ1) is 9.40. The molecule has 1 fully saturated rings. The number of nitrogens with zero attached hydrogens (tertiary/aromatic N) is 1. The molecule has 0 spiro atoms. The summed E-state index contributed by atoms with van der Waals surface area (Å²) in [6.07, 6.45) is 6.52. The second-order valence-corrected chi connectivity index (χ2v) is 3.81. The van der Waals surface area contributed by atoms with Gasteiger partial charge in [0.15, 0.2) is 0 Å². The first-order chi connectivity index (χ1) is 6.77. The van der Waals surface area contributed by atoms with Crippen molar-refractivity contribution < 1.29 is 9.21 Å². The SMILES string of the molecule is N[C@H]1CC[C@H](C(=O)c2ncco2)CC1. The second-order valence-electron chi connectivity index (χ2n) is 3.81. The first-order valence-corrected chi connectivity index (χ1v) is 4.96. The van der Waals surface area contributed by atoms with Crippen LogP contribution in [0, 0.1) is 5.92 Å². The molecule has 14 heavy (non-hydrogen) atoms. The molecule has 1 aromatic heterocycles. The molecule has 0 amide bonds. The van der Waals surface area contributed by atoms with Crippen LogP contribution < -0.4 is 5.73 Å². The number of hydrogen-bond acceptors (Lipinski definition) is 4. The Morgan fingerprint density at radius 2 is 2.14 bits per heavy atom.